The smallest absolute Gasteiger partial charge is 0.343 e. The number of fused-ring (bicyclic) bond motifs is 1. The Labute approximate surface area is 147 Å². The second-order valence-corrected chi connectivity index (χ2v) is 6.03. The molecule has 0 aliphatic rings. The molecule has 0 aliphatic heterocycles. The lowest BCUT2D eigenvalue weighted by atomic mass is 10.0. The molecular formula is C22H19NO2. The first-order valence-electron chi connectivity index (χ1n) is 8.44. The van der Waals surface area contributed by atoms with Crippen LogP contribution in [0.2, 0.25) is 0 Å². The van der Waals surface area contributed by atoms with Crippen LogP contribution in [0.1, 0.15) is 41.3 Å². The molecule has 25 heavy (non-hydrogen) atoms. The fourth-order valence-corrected chi connectivity index (χ4v) is 2.71. The summed E-state index contributed by atoms with van der Waals surface area (Å²) in [5, 5.41) is 10.8. The summed E-state index contributed by atoms with van der Waals surface area (Å²) in [4.78, 5) is 12.4. The van der Waals surface area contributed by atoms with Gasteiger partial charge in [-0.1, -0.05) is 37.6 Å². The average Bonchev–Trinajstić information content (AvgIpc) is 2.66. The molecular weight excluding hydrogens is 310 g/mol. The highest BCUT2D eigenvalue weighted by Gasteiger charge is 2.10. The maximum Gasteiger partial charge on any atom is 0.343 e. The van der Waals surface area contributed by atoms with Gasteiger partial charge in [0.1, 0.15) is 5.75 Å². The lowest BCUT2D eigenvalue weighted by molar-refractivity contribution is 0.0735. The number of nitriles is 1. The number of unbranched alkanes of at least 4 members (excludes halogenated alkanes) is 1. The number of rotatable bonds is 5. The van der Waals surface area contributed by atoms with Gasteiger partial charge in [0, 0.05) is 0 Å². The molecule has 0 heterocycles. The van der Waals surface area contributed by atoms with Crippen LogP contribution in [0.25, 0.3) is 10.8 Å². The van der Waals surface area contributed by atoms with E-state index < -0.39 is 0 Å². The van der Waals surface area contributed by atoms with E-state index in [0.717, 1.165) is 30.0 Å². The Morgan fingerprint density at radius 1 is 1.00 bits per heavy atom. The quantitative estimate of drug-likeness (QED) is 0.473. The van der Waals surface area contributed by atoms with Gasteiger partial charge in [-0.15, -0.1) is 0 Å². The van der Waals surface area contributed by atoms with Crippen molar-refractivity contribution in [3.63, 3.8) is 0 Å². The van der Waals surface area contributed by atoms with Gasteiger partial charge < -0.3 is 4.74 Å². The van der Waals surface area contributed by atoms with Crippen molar-refractivity contribution in [1.29, 1.82) is 5.26 Å². The van der Waals surface area contributed by atoms with Crippen molar-refractivity contribution in [1.82, 2.24) is 0 Å². The third-order valence-corrected chi connectivity index (χ3v) is 4.16. The standard InChI is InChI=1S/C22H19NO2/c1-2-3-4-16-6-11-21(12-7-16)25-22(24)20-10-9-18-13-17(15-23)5-8-19(18)14-20/h5-14H,2-4H2,1H3. The minimum atomic E-state index is -0.382. The Balaban J connectivity index is 1.74. The molecule has 0 aliphatic carbocycles. The van der Waals surface area contributed by atoms with E-state index in [2.05, 4.69) is 13.0 Å². The maximum atomic E-state index is 12.4. The maximum absolute atomic E-state index is 12.4. The minimum Gasteiger partial charge on any atom is -0.423 e. The largest absolute Gasteiger partial charge is 0.423 e. The molecule has 0 amide bonds. The molecule has 124 valence electrons. The summed E-state index contributed by atoms with van der Waals surface area (Å²) in [5.41, 5.74) is 2.35. The van der Waals surface area contributed by atoms with Gasteiger partial charge in [0.05, 0.1) is 17.2 Å². The fraction of sp³-hybridized carbons (Fsp3) is 0.182. The zero-order valence-electron chi connectivity index (χ0n) is 14.2. The van der Waals surface area contributed by atoms with Crippen molar-refractivity contribution in [2.45, 2.75) is 26.2 Å². The van der Waals surface area contributed by atoms with Gasteiger partial charge in [0.15, 0.2) is 0 Å². The van der Waals surface area contributed by atoms with Crippen LogP contribution in [0.5, 0.6) is 5.75 Å². The molecule has 0 N–H and O–H groups in total. The van der Waals surface area contributed by atoms with E-state index >= 15 is 0 Å². The highest BCUT2D eigenvalue weighted by Crippen LogP contribution is 2.20. The number of carbonyl (C=O) groups is 1. The van der Waals surface area contributed by atoms with E-state index in [1.165, 1.54) is 5.56 Å². The Hall–Kier alpha value is -3.12. The summed E-state index contributed by atoms with van der Waals surface area (Å²) in [6, 6.07) is 20.5. The molecule has 3 heteroatoms. The van der Waals surface area contributed by atoms with Gasteiger partial charge in [-0.2, -0.15) is 5.26 Å². The Bertz CT molecular complexity index is 936. The molecule has 3 nitrogen and oxygen atoms in total. The van der Waals surface area contributed by atoms with E-state index in [-0.39, 0.29) is 5.97 Å². The van der Waals surface area contributed by atoms with Crippen LogP contribution in [0.3, 0.4) is 0 Å². The van der Waals surface area contributed by atoms with Crippen molar-refractivity contribution >= 4 is 16.7 Å². The summed E-state index contributed by atoms with van der Waals surface area (Å²) in [6.45, 7) is 2.17. The molecule has 0 saturated heterocycles. The van der Waals surface area contributed by atoms with Gasteiger partial charge in [-0.25, -0.2) is 4.79 Å². The monoisotopic (exact) mass is 329 g/mol. The Kier molecular flexibility index (Phi) is 5.11. The minimum absolute atomic E-state index is 0.382. The SMILES string of the molecule is CCCCc1ccc(OC(=O)c2ccc3cc(C#N)ccc3c2)cc1. The molecule has 0 aromatic heterocycles. The second kappa shape index (κ2) is 7.63. The third kappa shape index (κ3) is 4.05. The average molecular weight is 329 g/mol. The van der Waals surface area contributed by atoms with Crippen molar-refractivity contribution in [3.05, 3.63) is 77.4 Å². The zero-order chi connectivity index (χ0) is 17.6. The van der Waals surface area contributed by atoms with Gasteiger partial charge in [-0.05, 0) is 65.6 Å². The molecule has 3 aromatic carbocycles. The molecule has 3 rings (SSSR count). The van der Waals surface area contributed by atoms with Crippen molar-refractivity contribution in [2.24, 2.45) is 0 Å². The van der Waals surface area contributed by atoms with Crippen LogP contribution in [0, 0.1) is 11.3 Å². The highest BCUT2D eigenvalue weighted by atomic mass is 16.5. The first-order chi connectivity index (χ1) is 12.2. The van der Waals surface area contributed by atoms with Crippen LogP contribution in [0.4, 0.5) is 0 Å². The van der Waals surface area contributed by atoms with E-state index in [4.69, 9.17) is 10.00 Å². The summed E-state index contributed by atoms with van der Waals surface area (Å²) in [5.74, 6) is 0.165. The number of ether oxygens (including phenoxy) is 1. The molecule has 0 fully saturated rings. The van der Waals surface area contributed by atoms with Crippen LogP contribution < -0.4 is 4.74 Å². The van der Waals surface area contributed by atoms with E-state index in [0.29, 0.717) is 16.9 Å². The van der Waals surface area contributed by atoms with Crippen molar-refractivity contribution < 1.29 is 9.53 Å². The number of aryl methyl sites for hydroxylation is 1. The molecule has 0 saturated carbocycles. The molecule has 3 aromatic rings. The summed E-state index contributed by atoms with van der Waals surface area (Å²) in [6.07, 6.45) is 3.36. The summed E-state index contributed by atoms with van der Waals surface area (Å²) >= 11 is 0. The fourth-order valence-electron chi connectivity index (χ4n) is 2.71. The lowest BCUT2D eigenvalue weighted by Crippen LogP contribution is -2.08. The number of hydrogen-bond donors (Lipinski definition) is 0. The topological polar surface area (TPSA) is 50.1 Å². The second-order valence-electron chi connectivity index (χ2n) is 6.03. The Morgan fingerprint density at radius 2 is 1.72 bits per heavy atom. The van der Waals surface area contributed by atoms with Crippen LogP contribution >= 0.6 is 0 Å². The van der Waals surface area contributed by atoms with Crippen LogP contribution in [-0.4, -0.2) is 5.97 Å². The predicted octanol–water partition coefficient (Wildman–Crippen LogP) is 5.27. The van der Waals surface area contributed by atoms with E-state index in [1.54, 1.807) is 24.3 Å². The number of esters is 1. The molecule has 0 radical (unpaired) electrons. The van der Waals surface area contributed by atoms with E-state index in [1.807, 2.05) is 36.4 Å². The number of hydrogen-bond acceptors (Lipinski definition) is 3. The number of benzene rings is 3. The highest BCUT2D eigenvalue weighted by molar-refractivity contribution is 5.96. The zero-order valence-corrected chi connectivity index (χ0v) is 14.2. The number of nitrogens with zero attached hydrogens (tertiary/aromatic N) is 1. The molecule has 0 spiro atoms. The number of carbonyl (C=O) groups excluding carboxylic acids is 1. The summed E-state index contributed by atoms with van der Waals surface area (Å²) in [7, 11) is 0. The molecule has 0 unspecified atom stereocenters. The van der Waals surface area contributed by atoms with Crippen molar-refractivity contribution in [3.8, 4) is 11.8 Å². The molecule has 0 atom stereocenters. The Morgan fingerprint density at radius 3 is 2.44 bits per heavy atom. The lowest BCUT2D eigenvalue weighted by Gasteiger charge is -2.07. The molecule has 0 bridgehead atoms. The first-order valence-corrected chi connectivity index (χ1v) is 8.44. The third-order valence-electron chi connectivity index (χ3n) is 4.16. The first kappa shape index (κ1) is 16.7. The normalized spacial score (nSPS) is 10.4. The van der Waals surface area contributed by atoms with Gasteiger partial charge in [-0.3, -0.25) is 0 Å². The van der Waals surface area contributed by atoms with Gasteiger partial charge >= 0.3 is 5.97 Å². The van der Waals surface area contributed by atoms with Crippen LogP contribution in [0.15, 0.2) is 60.7 Å². The van der Waals surface area contributed by atoms with Gasteiger partial charge in [0.2, 0.25) is 0 Å². The summed E-state index contributed by atoms with van der Waals surface area (Å²) < 4.78 is 5.46. The predicted molar refractivity (Wildman–Crippen MR) is 98.7 cm³/mol. The van der Waals surface area contributed by atoms with Crippen molar-refractivity contribution in [2.75, 3.05) is 0 Å². The van der Waals surface area contributed by atoms with E-state index in [9.17, 15) is 4.79 Å². The van der Waals surface area contributed by atoms with Gasteiger partial charge in [0.25, 0.3) is 0 Å². The van der Waals surface area contributed by atoms with Crippen LogP contribution in [-0.2, 0) is 6.42 Å².